The largest absolute Gasteiger partial charge is 0.482 e. The van der Waals surface area contributed by atoms with E-state index in [1.165, 1.54) is 12.1 Å². The number of nitrogens with one attached hydrogen (secondary N) is 4. The molecule has 0 spiro atoms. The lowest BCUT2D eigenvalue weighted by atomic mass is 9.87. The van der Waals surface area contributed by atoms with E-state index in [4.69, 9.17) is 27.9 Å². The molecular formula is C26H34Cl2N4O6. The lowest BCUT2D eigenvalue weighted by Crippen LogP contribution is -2.55. The van der Waals surface area contributed by atoms with Crippen LogP contribution >= 0.6 is 23.2 Å². The molecule has 1 heterocycles. The predicted molar refractivity (Wildman–Crippen MR) is 142 cm³/mol. The van der Waals surface area contributed by atoms with Gasteiger partial charge >= 0.3 is 0 Å². The van der Waals surface area contributed by atoms with Crippen LogP contribution in [0.15, 0.2) is 18.2 Å². The predicted octanol–water partition coefficient (Wildman–Crippen LogP) is 2.15. The van der Waals surface area contributed by atoms with Crippen molar-refractivity contribution in [2.75, 3.05) is 13.2 Å². The second kappa shape index (κ2) is 12.8. The molecule has 1 aromatic rings. The number of carbonyl (C=O) groups excluding carboxylic acids is 5. The number of ether oxygens (including phenoxy) is 1. The highest BCUT2D eigenvalue weighted by Crippen LogP contribution is 2.27. The van der Waals surface area contributed by atoms with Crippen molar-refractivity contribution in [3.05, 3.63) is 28.2 Å². The summed E-state index contributed by atoms with van der Waals surface area (Å²) in [4.78, 5) is 63.7. The molecule has 0 bridgehead atoms. The van der Waals surface area contributed by atoms with E-state index in [1.54, 1.807) is 6.07 Å². The van der Waals surface area contributed by atoms with Gasteiger partial charge in [0, 0.05) is 23.5 Å². The first-order valence-electron chi connectivity index (χ1n) is 12.6. The summed E-state index contributed by atoms with van der Waals surface area (Å²) in [5.74, 6) is -3.29. The first kappa shape index (κ1) is 29.7. The SMILES string of the molecule is CC(C)(C)C[C@H](NC(=O)COc1ccc(Cl)cc1Cl)C(=O)NC(C[C@@H]1CCNC1=O)C(=O)C(=O)NC1CC1. The molecule has 1 saturated heterocycles. The van der Waals surface area contributed by atoms with Gasteiger partial charge in [-0.1, -0.05) is 44.0 Å². The maximum absolute atomic E-state index is 13.4. The van der Waals surface area contributed by atoms with Crippen LogP contribution in [0.4, 0.5) is 0 Å². The lowest BCUT2D eigenvalue weighted by molar-refractivity contribution is -0.141. The molecule has 1 aliphatic carbocycles. The van der Waals surface area contributed by atoms with Crippen molar-refractivity contribution < 1.29 is 28.7 Å². The van der Waals surface area contributed by atoms with E-state index in [1.807, 2.05) is 20.8 Å². The Kier molecular flexibility index (Phi) is 10.0. The van der Waals surface area contributed by atoms with Gasteiger partial charge in [-0.15, -0.1) is 0 Å². The Bertz CT molecular complexity index is 1090. The quantitative estimate of drug-likeness (QED) is 0.284. The monoisotopic (exact) mass is 568 g/mol. The molecule has 3 rings (SSSR count). The molecule has 2 fully saturated rings. The Morgan fingerprint density at radius 2 is 1.79 bits per heavy atom. The Labute approximate surface area is 231 Å². The van der Waals surface area contributed by atoms with Crippen LogP contribution in [0.5, 0.6) is 5.75 Å². The van der Waals surface area contributed by atoms with Crippen LogP contribution in [0.2, 0.25) is 10.0 Å². The number of benzene rings is 1. The van der Waals surface area contributed by atoms with Gasteiger partial charge in [0.15, 0.2) is 6.61 Å². The van der Waals surface area contributed by atoms with E-state index >= 15 is 0 Å². The average Bonchev–Trinajstić information content (AvgIpc) is 3.55. The number of hydrogen-bond acceptors (Lipinski definition) is 6. The highest BCUT2D eigenvalue weighted by Gasteiger charge is 2.37. The van der Waals surface area contributed by atoms with E-state index in [2.05, 4.69) is 21.3 Å². The number of ketones is 1. The lowest BCUT2D eigenvalue weighted by Gasteiger charge is -2.28. The molecule has 1 aromatic carbocycles. The fourth-order valence-corrected chi connectivity index (χ4v) is 4.56. The van der Waals surface area contributed by atoms with Crippen molar-refractivity contribution in [1.82, 2.24) is 21.3 Å². The zero-order valence-electron chi connectivity index (χ0n) is 21.7. The van der Waals surface area contributed by atoms with Crippen molar-refractivity contribution >= 4 is 52.6 Å². The first-order chi connectivity index (χ1) is 17.8. The van der Waals surface area contributed by atoms with Crippen molar-refractivity contribution in [1.29, 1.82) is 0 Å². The third kappa shape index (κ3) is 9.16. The van der Waals surface area contributed by atoms with Gasteiger partial charge in [0.2, 0.25) is 17.6 Å². The average molecular weight is 569 g/mol. The number of carbonyl (C=O) groups is 5. The Morgan fingerprint density at radius 3 is 2.37 bits per heavy atom. The summed E-state index contributed by atoms with van der Waals surface area (Å²) in [6.07, 6.45) is 2.32. The minimum Gasteiger partial charge on any atom is -0.482 e. The molecule has 3 atom stereocenters. The molecule has 1 saturated carbocycles. The van der Waals surface area contributed by atoms with Gasteiger partial charge in [-0.05, 0) is 55.7 Å². The Balaban J connectivity index is 1.69. The molecule has 2 aliphatic rings. The zero-order chi connectivity index (χ0) is 28.0. The van der Waals surface area contributed by atoms with Crippen LogP contribution in [0.3, 0.4) is 0 Å². The van der Waals surface area contributed by atoms with Crippen LogP contribution in [0.25, 0.3) is 0 Å². The molecule has 1 aliphatic heterocycles. The maximum Gasteiger partial charge on any atom is 0.289 e. The molecule has 208 valence electrons. The molecule has 0 radical (unpaired) electrons. The number of rotatable bonds is 12. The number of amides is 4. The fourth-order valence-electron chi connectivity index (χ4n) is 4.09. The molecule has 1 unspecified atom stereocenters. The van der Waals surface area contributed by atoms with Gasteiger partial charge < -0.3 is 26.0 Å². The third-order valence-electron chi connectivity index (χ3n) is 6.17. The molecule has 10 nitrogen and oxygen atoms in total. The van der Waals surface area contributed by atoms with E-state index in [-0.39, 0.29) is 41.0 Å². The highest BCUT2D eigenvalue weighted by molar-refractivity contribution is 6.38. The summed E-state index contributed by atoms with van der Waals surface area (Å²) in [5.41, 5.74) is -0.371. The molecular weight excluding hydrogens is 535 g/mol. The summed E-state index contributed by atoms with van der Waals surface area (Å²) in [6.45, 7) is 5.75. The molecule has 38 heavy (non-hydrogen) atoms. The smallest absolute Gasteiger partial charge is 0.289 e. The van der Waals surface area contributed by atoms with E-state index in [9.17, 15) is 24.0 Å². The maximum atomic E-state index is 13.4. The normalized spacial score (nSPS) is 18.7. The molecule has 12 heteroatoms. The summed E-state index contributed by atoms with van der Waals surface area (Å²) in [5, 5.41) is 11.3. The van der Waals surface area contributed by atoms with Crippen LogP contribution in [-0.4, -0.2) is 60.7 Å². The fraction of sp³-hybridized carbons (Fsp3) is 0.577. The van der Waals surface area contributed by atoms with Crippen molar-refractivity contribution in [2.24, 2.45) is 11.3 Å². The summed E-state index contributed by atoms with van der Waals surface area (Å²) in [6, 6.07) is 2.30. The van der Waals surface area contributed by atoms with E-state index in [0.29, 0.717) is 18.0 Å². The van der Waals surface area contributed by atoms with E-state index in [0.717, 1.165) is 12.8 Å². The molecule has 4 N–H and O–H groups in total. The molecule has 4 amide bonds. The van der Waals surface area contributed by atoms with Crippen molar-refractivity contribution in [3.63, 3.8) is 0 Å². The topological polar surface area (TPSA) is 143 Å². The Hall–Kier alpha value is -2.85. The summed E-state index contributed by atoms with van der Waals surface area (Å²) in [7, 11) is 0. The molecule has 0 aromatic heterocycles. The van der Waals surface area contributed by atoms with Crippen molar-refractivity contribution in [3.8, 4) is 5.75 Å². The van der Waals surface area contributed by atoms with Gasteiger partial charge in [0.25, 0.3) is 11.8 Å². The van der Waals surface area contributed by atoms with Crippen LogP contribution < -0.4 is 26.0 Å². The second-order valence-electron chi connectivity index (χ2n) is 10.9. The van der Waals surface area contributed by atoms with Gasteiger partial charge in [-0.2, -0.15) is 0 Å². The minimum absolute atomic E-state index is 0.0111. The summed E-state index contributed by atoms with van der Waals surface area (Å²) >= 11 is 12.0. The standard InChI is InChI=1S/C26H34Cl2N4O6/c1-26(2,3)12-19(31-21(33)13-38-20-7-4-15(27)11-17(20)28)24(36)32-18(10-14-8-9-29-23(14)35)22(34)25(37)30-16-5-6-16/h4,7,11,14,16,18-19H,5-6,8-10,12-13H2,1-3H3,(H,29,35)(H,30,37)(H,31,33)(H,32,36)/t14-,18?,19-/m0/s1. The van der Waals surface area contributed by atoms with Gasteiger partial charge in [-0.3, -0.25) is 24.0 Å². The second-order valence-corrected chi connectivity index (χ2v) is 11.8. The van der Waals surface area contributed by atoms with Gasteiger partial charge in [-0.25, -0.2) is 0 Å². The Morgan fingerprint density at radius 1 is 1.08 bits per heavy atom. The summed E-state index contributed by atoms with van der Waals surface area (Å²) < 4.78 is 5.47. The van der Waals surface area contributed by atoms with Crippen molar-refractivity contribution in [2.45, 2.75) is 71.0 Å². The number of Topliss-reactive ketones (excluding diaryl/α,β-unsaturated/α-hetero) is 1. The third-order valence-corrected chi connectivity index (χ3v) is 6.70. The van der Waals surface area contributed by atoms with Crippen LogP contribution in [0.1, 0.15) is 52.9 Å². The van der Waals surface area contributed by atoms with Gasteiger partial charge in [0.1, 0.15) is 11.8 Å². The number of hydrogen-bond donors (Lipinski definition) is 4. The first-order valence-corrected chi connectivity index (χ1v) is 13.4. The van der Waals surface area contributed by atoms with E-state index < -0.39 is 48.1 Å². The van der Waals surface area contributed by atoms with Gasteiger partial charge in [0.05, 0.1) is 11.1 Å². The van der Waals surface area contributed by atoms with Crippen LogP contribution in [-0.2, 0) is 24.0 Å². The minimum atomic E-state index is -1.21. The highest BCUT2D eigenvalue weighted by atomic mass is 35.5. The number of halogens is 2. The van der Waals surface area contributed by atoms with Crippen LogP contribution in [0, 0.1) is 11.3 Å². The zero-order valence-corrected chi connectivity index (χ0v) is 23.2.